The standard InChI is InChI=1S/C10H10BrN3/c1-14-3-2-9-8(6-14)4-7(5-12)10(11)13-9/h4H,2-3,6H2,1H3. The lowest BCUT2D eigenvalue weighted by molar-refractivity contribution is 0.309. The van der Waals surface area contributed by atoms with Crippen LogP contribution < -0.4 is 0 Å². The Balaban J connectivity index is 2.47. The van der Waals surface area contributed by atoms with Crippen molar-refractivity contribution in [3.05, 3.63) is 27.5 Å². The van der Waals surface area contributed by atoms with E-state index in [9.17, 15) is 0 Å². The highest BCUT2D eigenvalue weighted by Gasteiger charge is 2.16. The Kier molecular flexibility index (Phi) is 2.53. The Bertz CT molecular complexity index is 409. The zero-order valence-corrected chi connectivity index (χ0v) is 9.50. The Morgan fingerprint density at radius 2 is 2.43 bits per heavy atom. The number of halogens is 1. The molecule has 0 amide bonds. The molecule has 1 aliphatic heterocycles. The van der Waals surface area contributed by atoms with Crippen molar-refractivity contribution in [2.24, 2.45) is 0 Å². The van der Waals surface area contributed by atoms with Crippen molar-refractivity contribution in [3.8, 4) is 6.07 Å². The summed E-state index contributed by atoms with van der Waals surface area (Å²) in [6.07, 6.45) is 0.968. The zero-order chi connectivity index (χ0) is 10.1. The molecule has 0 fully saturated rings. The van der Waals surface area contributed by atoms with Crippen LogP contribution in [0.2, 0.25) is 0 Å². The molecule has 0 unspecified atom stereocenters. The van der Waals surface area contributed by atoms with Crippen molar-refractivity contribution < 1.29 is 0 Å². The van der Waals surface area contributed by atoms with Gasteiger partial charge < -0.3 is 4.90 Å². The minimum atomic E-state index is 0.624. The lowest BCUT2D eigenvalue weighted by atomic mass is 10.0. The van der Waals surface area contributed by atoms with Crippen LogP contribution in [0.1, 0.15) is 16.8 Å². The molecule has 0 saturated heterocycles. The number of likely N-dealkylation sites (N-methyl/N-ethyl adjacent to an activating group) is 1. The van der Waals surface area contributed by atoms with Crippen LogP contribution in [0.25, 0.3) is 0 Å². The number of fused-ring (bicyclic) bond motifs is 1. The maximum Gasteiger partial charge on any atom is 0.124 e. The van der Waals surface area contributed by atoms with Crippen LogP contribution in [0.4, 0.5) is 0 Å². The first-order chi connectivity index (χ1) is 6.70. The molecule has 2 rings (SSSR count). The third-order valence-electron chi connectivity index (χ3n) is 2.44. The van der Waals surface area contributed by atoms with E-state index >= 15 is 0 Å². The van der Waals surface area contributed by atoms with Gasteiger partial charge in [-0.25, -0.2) is 4.98 Å². The van der Waals surface area contributed by atoms with Crippen molar-refractivity contribution in [2.75, 3.05) is 13.6 Å². The third kappa shape index (κ3) is 1.66. The average molecular weight is 252 g/mol. The van der Waals surface area contributed by atoms with Crippen LogP contribution in [-0.2, 0) is 13.0 Å². The number of nitriles is 1. The fourth-order valence-corrected chi connectivity index (χ4v) is 2.08. The van der Waals surface area contributed by atoms with Crippen molar-refractivity contribution in [2.45, 2.75) is 13.0 Å². The molecule has 0 bridgehead atoms. The molecule has 3 nitrogen and oxygen atoms in total. The molecule has 1 aromatic heterocycles. The largest absolute Gasteiger partial charge is 0.302 e. The van der Waals surface area contributed by atoms with Gasteiger partial charge in [0.2, 0.25) is 0 Å². The topological polar surface area (TPSA) is 39.9 Å². The Morgan fingerprint density at radius 1 is 1.64 bits per heavy atom. The fourth-order valence-electron chi connectivity index (χ4n) is 1.67. The third-order valence-corrected chi connectivity index (χ3v) is 3.04. The minimum Gasteiger partial charge on any atom is -0.302 e. The van der Waals surface area contributed by atoms with Crippen LogP contribution >= 0.6 is 15.9 Å². The van der Waals surface area contributed by atoms with E-state index in [-0.39, 0.29) is 0 Å². The number of hydrogen-bond acceptors (Lipinski definition) is 3. The predicted octanol–water partition coefficient (Wildman–Crippen LogP) is 1.70. The van der Waals surface area contributed by atoms with E-state index in [1.54, 1.807) is 0 Å². The van der Waals surface area contributed by atoms with Crippen LogP contribution in [-0.4, -0.2) is 23.5 Å². The summed E-state index contributed by atoms with van der Waals surface area (Å²) in [5.41, 5.74) is 2.92. The number of pyridine rings is 1. The highest BCUT2D eigenvalue weighted by Crippen LogP contribution is 2.22. The van der Waals surface area contributed by atoms with Gasteiger partial charge in [0.1, 0.15) is 10.7 Å². The fraction of sp³-hybridized carbons (Fsp3) is 0.400. The Hall–Kier alpha value is -0.920. The van der Waals surface area contributed by atoms with Crippen molar-refractivity contribution in [1.29, 1.82) is 5.26 Å². The molecule has 14 heavy (non-hydrogen) atoms. The van der Waals surface area contributed by atoms with Gasteiger partial charge in [0, 0.05) is 25.2 Å². The summed E-state index contributed by atoms with van der Waals surface area (Å²) in [4.78, 5) is 6.62. The van der Waals surface area contributed by atoms with E-state index in [2.05, 4.69) is 38.9 Å². The molecule has 0 radical (unpaired) electrons. The molecule has 4 heteroatoms. The lowest BCUT2D eigenvalue weighted by Gasteiger charge is -2.24. The van der Waals surface area contributed by atoms with Gasteiger partial charge in [-0.3, -0.25) is 0 Å². The summed E-state index contributed by atoms with van der Waals surface area (Å²) in [5, 5.41) is 8.85. The quantitative estimate of drug-likeness (QED) is 0.660. The summed E-state index contributed by atoms with van der Waals surface area (Å²) in [6.45, 7) is 1.93. The number of nitrogens with zero attached hydrogens (tertiary/aromatic N) is 3. The van der Waals surface area contributed by atoms with E-state index in [1.807, 2.05) is 6.07 Å². The summed E-state index contributed by atoms with van der Waals surface area (Å²) < 4.78 is 0.670. The average Bonchev–Trinajstić information content (AvgIpc) is 2.17. The number of aromatic nitrogens is 1. The highest BCUT2D eigenvalue weighted by molar-refractivity contribution is 9.10. The molecule has 0 saturated carbocycles. The van der Waals surface area contributed by atoms with Crippen LogP contribution in [0.15, 0.2) is 10.7 Å². The second kappa shape index (κ2) is 3.68. The number of rotatable bonds is 0. The van der Waals surface area contributed by atoms with Crippen LogP contribution in [0.3, 0.4) is 0 Å². The van der Waals surface area contributed by atoms with Gasteiger partial charge in [0.25, 0.3) is 0 Å². The maximum absolute atomic E-state index is 8.85. The molecular weight excluding hydrogens is 242 g/mol. The molecular formula is C10H10BrN3. The SMILES string of the molecule is CN1CCc2nc(Br)c(C#N)cc2C1. The van der Waals surface area contributed by atoms with Gasteiger partial charge in [-0.2, -0.15) is 5.26 Å². The monoisotopic (exact) mass is 251 g/mol. The minimum absolute atomic E-state index is 0.624. The van der Waals surface area contributed by atoms with Gasteiger partial charge in [-0.1, -0.05) is 0 Å². The molecule has 0 aliphatic carbocycles. The summed E-state index contributed by atoms with van der Waals surface area (Å²) >= 11 is 3.30. The molecule has 1 aromatic rings. The molecule has 72 valence electrons. The highest BCUT2D eigenvalue weighted by atomic mass is 79.9. The second-order valence-corrected chi connectivity index (χ2v) is 4.28. The second-order valence-electron chi connectivity index (χ2n) is 3.53. The smallest absolute Gasteiger partial charge is 0.124 e. The molecule has 0 N–H and O–H groups in total. The Morgan fingerprint density at radius 3 is 3.14 bits per heavy atom. The molecule has 0 spiro atoms. The first-order valence-corrected chi connectivity index (χ1v) is 5.27. The first-order valence-electron chi connectivity index (χ1n) is 4.47. The van der Waals surface area contributed by atoms with Crippen molar-refractivity contribution >= 4 is 15.9 Å². The lowest BCUT2D eigenvalue weighted by Crippen LogP contribution is -2.27. The van der Waals surface area contributed by atoms with E-state index in [0.29, 0.717) is 10.2 Å². The molecule has 1 aliphatic rings. The van der Waals surface area contributed by atoms with Gasteiger partial charge in [0.05, 0.1) is 5.56 Å². The van der Waals surface area contributed by atoms with Gasteiger partial charge in [-0.15, -0.1) is 0 Å². The Labute approximate surface area is 91.5 Å². The van der Waals surface area contributed by atoms with Gasteiger partial charge in [0.15, 0.2) is 0 Å². The summed E-state index contributed by atoms with van der Waals surface area (Å²) in [7, 11) is 2.08. The number of hydrogen-bond donors (Lipinski definition) is 0. The summed E-state index contributed by atoms with van der Waals surface area (Å²) in [6, 6.07) is 4.06. The van der Waals surface area contributed by atoms with E-state index in [1.165, 1.54) is 5.56 Å². The van der Waals surface area contributed by atoms with E-state index in [0.717, 1.165) is 25.2 Å². The van der Waals surface area contributed by atoms with Gasteiger partial charge >= 0.3 is 0 Å². The van der Waals surface area contributed by atoms with Gasteiger partial charge in [-0.05, 0) is 34.6 Å². The first kappa shape index (κ1) is 9.63. The van der Waals surface area contributed by atoms with Crippen molar-refractivity contribution in [3.63, 3.8) is 0 Å². The van der Waals surface area contributed by atoms with E-state index in [4.69, 9.17) is 5.26 Å². The predicted molar refractivity (Wildman–Crippen MR) is 56.7 cm³/mol. The summed E-state index contributed by atoms with van der Waals surface area (Å²) in [5.74, 6) is 0. The van der Waals surface area contributed by atoms with Crippen LogP contribution in [0, 0.1) is 11.3 Å². The zero-order valence-electron chi connectivity index (χ0n) is 7.92. The molecule has 0 atom stereocenters. The van der Waals surface area contributed by atoms with Crippen LogP contribution in [0.5, 0.6) is 0 Å². The maximum atomic E-state index is 8.85. The normalized spacial score (nSPS) is 16.1. The molecule has 2 heterocycles. The van der Waals surface area contributed by atoms with E-state index < -0.39 is 0 Å². The molecule has 0 aromatic carbocycles. The van der Waals surface area contributed by atoms with Crippen molar-refractivity contribution in [1.82, 2.24) is 9.88 Å².